The predicted octanol–water partition coefficient (Wildman–Crippen LogP) is 1.85. The van der Waals surface area contributed by atoms with Gasteiger partial charge < -0.3 is 15.2 Å². The fraction of sp³-hybridized carbons (Fsp3) is 0.214. The van der Waals surface area contributed by atoms with Gasteiger partial charge in [0.05, 0.1) is 12.2 Å². The summed E-state index contributed by atoms with van der Waals surface area (Å²) in [5.41, 5.74) is 6.87. The number of fused-ring (bicyclic) bond motifs is 1. The summed E-state index contributed by atoms with van der Waals surface area (Å²) in [5, 5.41) is 0. The van der Waals surface area contributed by atoms with Crippen molar-refractivity contribution in [2.45, 2.75) is 12.6 Å². The van der Waals surface area contributed by atoms with E-state index in [1.54, 1.807) is 0 Å². The Kier molecular flexibility index (Phi) is 2.83. The van der Waals surface area contributed by atoms with Gasteiger partial charge in [-0.05, 0) is 17.7 Å². The SMILES string of the molecule is Cn1ccc(CN2C(=O)C(N)c3c(F)cc(F)cc32)c1. The number of rotatable bonds is 2. The van der Waals surface area contributed by atoms with E-state index in [9.17, 15) is 13.6 Å². The van der Waals surface area contributed by atoms with Gasteiger partial charge in [0.2, 0.25) is 5.91 Å². The molecule has 2 heterocycles. The molecule has 6 heteroatoms. The largest absolute Gasteiger partial charge is 0.357 e. The molecule has 2 aromatic rings. The molecule has 104 valence electrons. The van der Waals surface area contributed by atoms with E-state index >= 15 is 0 Å². The van der Waals surface area contributed by atoms with Crippen LogP contribution in [0.1, 0.15) is 17.2 Å². The number of aromatic nitrogens is 1. The third kappa shape index (κ3) is 1.89. The van der Waals surface area contributed by atoms with E-state index < -0.39 is 23.6 Å². The first-order chi connectivity index (χ1) is 9.47. The van der Waals surface area contributed by atoms with Gasteiger partial charge in [0.15, 0.2) is 0 Å². The fourth-order valence-corrected chi connectivity index (χ4v) is 2.51. The summed E-state index contributed by atoms with van der Waals surface area (Å²) >= 11 is 0. The first kappa shape index (κ1) is 12.8. The number of benzene rings is 1. The highest BCUT2D eigenvalue weighted by atomic mass is 19.1. The third-order valence-corrected chi connectivity index (χ3v) is 3.44. The van der Waals surface area contributed by atoms with Gasteiger partial charge in [0.25, 0.3) is 0 Å². The maximum absolute atomic E-state index is 13.8. The Balaban J connectivity index is 2.03. The molecule has 1 unspecified atom stereocenters. The second-order valence-corrected chi connectivity index (χ2v) is 4.91. The number of hydrogen-bond donors (Lipinski definition) is 1. The van der Waals surface area contributed by atoms with Crippen molar-refractivity contribution in [3.8, 4) is 0 Å². The van der Waals surface area contributed by atoms with E-state index in [0.717, 1.165) is 17.7 Å². The molecule has 0 fully saturated rings. The smallest absolute Gasteiger partial charge is 0.249 e. The molecule has 1 aromatic carbocycles. The van der Waals surface area contributed by atoms with Crippen molar-refractivity contribution in [3.05, 3.63) is 53.4 Å². The molecule has 1 aliphatic rings. The standard InChI is InChI=1S/C14H13F2N3O/c1-18-3-2-8(6-18)7-19-11-5-9(15)4-10(16)12(11)13(17)14(19)20/h2-6,13H,7,17H2,1H3. The molecular weight excluding hydrogens is 264 g/mol. The fourth-order valence-electron chi connectivity index (χ4n) is 2.51. The van der Waals surface area contributed by atoms with Crippen molar-refractivity contribution >= 4 is 11.6 Å². The zero-order chi connectivity index (χ0) is 14.4. The molecule has 4 nitrogen and oxygen atoms in total. The van der Waals surface area contributed by atoms with Crippen LogP contribution in [0.25, 0.3) is 0 Å². The van der Waals surface area contributed by atoms with Crippen LogP contribution in [-0.4, -0.2) is 10.5 Å². The molecule has 0 bridgehead atoms. The highest BCUT2D eigenvalue weighted by molar-refractivity contribution is 6.04. The molecule has 0 aliphatic carbocycles. The van der Waals surface area contributed by atoms with Gasteiger partial charge in [0, 0.05) is 31.1 Å². The quantitative estimate of drug-likeness (QED) is 0.910. The molecule has 3 rings (SSSR count). The highest BCUT2D eigenvalue weighted by Gasteiger charge is 2.37. The molecule has 0 radical (unpaired) electrons. The van der Waals surface area contributed by atoms with Gasteiger partial charge in [-0.15, -0.1) is 0 Å². The minimum atomic E-state index is -1.07. The Hall–Kier alpha value is -2.21. The van der Waals surface area contributed by atoms with Crippen molar-refractivity contribution in [2.75, 3.05) is 4.90 Å². The summed E-state index contributed by atoms with van der Waals surface area (Å²) in [5.74, 6) is -1.93. The van der Waals surface area contributed by atoms with Crippen LogP contribution in [-0.2, 0) is 18.4 Å². The molecule has 1 aliphatic heterocycles. The maximum atomic E-state index is 13.8. The summed E-state index contributed by atoms with van der Waals surface area (Å²) in [6.07, 6.45) is 3.68. The molecule has 0 spiro atoms. The van der Waals surface area contributed by atoms with Crippen LogP contribution >= 0.6 is 0 Å². The van der Waals surface area contributed by atoms with E-state index in [2.05, 4.69) is 0 Å². The van der Waals surface area contributed by atoms with Crippen molar-refractivity contribution in [1.29, 1.82) is 0 Å². The minimum absolute atomic E-state index is 0.0623. The Bertz CT molecular complexity index is 696. The van der Waals surface area contributed by atoms with Crippen LogP contribution in [0.5, 0.6) is 0 Å². The third-order valence-electron chi connectivity index (χ3n) is 3.44. The maximum Gasteiger partial charge on any atom is 0.249 e. The molecular formula is C14H13F2N3O. The monoisotopic (exact) mass is 277 g/mol. The summed E-state index contributed by atoms with van der Waals surface area (Å²) in [6, 6.07) is 2.66. The van der Waals surface area contributed by atoms with Crippen LogP contribution < -0.4 is 10.6 Å². The molecule has 1 aromatic heterocycles. The summed E-state index contributed by atoms with van der Waals surface area (Å²) in [6.45, 7) is 0.239. The van der Waals surface area contributed by atoms with Gasteiger partial charge >= 0.3 is 0 Å². The summed E-state index contributed by atoms with van der Waals surface area (Å²) < 4.78 is 29.0. The zero-order valence-electron chi connectivity index (χ0n) is 10.8. The lowest BCUT2D eigenvalue weighted by Crippen LogP contribution is -2.31. The number of nitrogens with two attached hydrogens (primary N) is 1. The van der Waals surface area contributed by atoms with Gasteiger partial charge in [0.1, 0.15) is 17.7 Å². The van der Waals surface area contributed by atoms with Gasteiger partial charge in [-0.2, -0.15) is 0 Å². The normalized spacial score (nSPS) is 17.7. The average Bonchev–Trinajstić information content (AvgIpc) is 2.87. The van der Waals surface area contributed by atoms with Crippen LogP contribution in [0.3, 0.4) is 0 Å². The lowest BCUT2D eigenvalue weighted by atomic mass is 10.1. The predicted molar refractivity (Wildman–Crippen MR) is 69.9 cm³/mol. The number of halogens is 2. The molecule has 0 saturated heterocycles. The van der Waals surface area contributed by atoms with Gasteiger partial charge in [-0.25, -0.2) is 8.78 Å². The van der Waals surface area contributed by atoms with Crippen molar-refractivity contribution in [1.82, 2.24) is 4.57 Å². The minimum Gasteiger partial charge on any atom is -0.357 e. The summed E-state index contributed by atoms with van der Waals surface area (Å²) in [4.78, 5) is 13.5. The average molecular weight is 277 g/mol. The van der Waals surface area contributed by atoms with E-state index in [1.165, 1.54) is 4.90 Å². The number of anilines is 1. The van der Waals surface area contributed by atoms with Gasteiger partial charge in [-0.1, -0.05) is 0 Å². The molecule has 20 heavy (non-hydrogen) atoms. The second kappa shape index (κ2) is 4.42. The molecule has 0 saturated carbocycles. The summed E-state index contributed by atoms with van der Waals surface area (Å²) in [7, 11) is 1.86. The zero-order valence-corrected chi connectivity index (χ0v) is 10.8. The van der Waals surface area contributed by atoms with E-state index in [4.69, 9.17) is 5.73 Å². The number of carbonyl (C=O) groups is 1. The number of nitrogens with zero attached hydrogens (tertiary/aromatic N) is 2. The van der Waals surface area contributed by atoms with Crippen LogP contribution in [0.2, 0.25) is 0 Å². The van der Waals surface area contributed by atoms with Crippen molar-refractivity contribution in [3.63, 3.8) is 0 Å². The molecule has 1 amide bonds. The van der Waals surface area contributed by atoms with Crippen LogP contribution in [0.15, 0.2) is 30.6 Å². The van der Waals surface area contributed by atoms with E-state index in [1.807, 2.05) is 30.1 Å². The Morgan fingerprint density at radius 3 is 2.75 bits per heavy atom. The lowest BCUT2D eigenvalue weighted by molar-refractivity contribution is -0.119. The van der Waals surface area contributed by atoms with Crippen LogP contribution in [0.4, 0.5) is 14.5 Å². The first-order valence-corrected chi connectivity index (χ1v) is 6.14. The molecule has 1 atom stereocenters. The van der Waals surface area contributed by atoms with E-state index in [0.29, 0.717) is 0 Å². The van der Waals surface area contributed by atoms with Gasteiger partial charge in [-0.3, -0.25) is 4.79 Å². The number of amides is 1. The Morgan fingerprint density at radius 2 is 2.10 bits per heavy atom. The second-order valence-electron chi connectivity index (χ2n) is 4.91. The van der Waals surface area contributed by atoms with Crippen LogP contribution in [0, 0.1) is 11.6 Å². The van der Waals surface area contributed by atoms with E-state index in [-0.39, 0.29) is 17.8 Å². The van der Waals surface area contributed by atoms with Crippen molar-refractivity contribution in [2.24, 2.45) is 12.8 Å². The number of aryl methyl sites for hydroxylation is 1. The van der Waals surface area contributed by atoms with Crippen molar-refractivity contribution < 1.29 is 13.6 Å². The number of hydrogen-bond acceptors (Lipinski definition) is 2. The number of carbonyl (C=O) groups excluding carboxylic acids is 1. The topological polar surface area (TPSA) is 51.3 Å². The Labute approximate surface area is 114 Å². The lowest BCUT2D eigenvalue weighted by Gasteiger charge is -2.16. The first-order valence-electron chi connectivity index (χ1n) is 6.14. The Morgan fingerprint density at radius 1 is 1.35 bits per heavy atom. The highest BCUT2D eigenvalue weighted by Crippen LogP contribution is 2.37. The molecule has 2 N–H and O–H groups in total.